The zero-order valence-corrected chi connectivity index (χ0v) is 14.3. The first-order valence-corrected chi connectivity index (χ1v) is 8.80. The number of aliphatic imine (C=N–C) groups is 1. The van der Waals surface area contributed by atoms with Gasteiger partial charge in [-0.25, -0.2) is 4.79 Å². The zero-order valence-electron chi connectivity index (χ0n) is 13.5. The van der Waals surface area contributed by atoms with E-state index in [1.54, 1.807) is 18.3 Å². The van der Waals surface area contributed by atoms with Gasteiger partial charge in [-0.05, 0) is 30.5 Å². The van der Waals surface area contributed by atoms with E-state index in [1.807, 2.05) is 41.8 Å². The summed E-state index contributed by atoms with van der Waals surface area (Å²) in [5, 5.41) is 15.8. The van der Waals surface area contributed by atoms with E-state index in [0.717, 1.165) is 16.3 Å². The van der Waals surface area contributed by atoms with Gasteiger partial charge in [0.25, 0.3) is 0 Å². The van der Waals surface area contributed by atoms with E-state index < -0.39 is 5.63 Å². The van der Waals surface area contributed by atoms with Crippen molar-refractivity contribution in [1.29, 1.82) is 0 Å². The normalized spacial score (nSPS) is 16.5. The van der Waals surface area contributed by atoms with Crippen molar-refractivity contribution in [2.75, 3.05) is 5.32 Å². The fourth-order valence-electron chi connectivity index (χ4n) is 3.00. The van der Waals surface area contributed by atoms with Gasteiger partial charge < -0.3 is 14.8 Å². The minimum absolute atomic E-state index is 0.0393. The summed E-state index contributed by atoms with van der Waals surface area (Å²) in [6.07, 6.45) is 0.469. The molecule has 0 bridgehead atoms. The lowest BCUT2D eigenvalue weighted by Crippen LogP contribution is -2.19. The third-order valence-corrected chi connectivity index (χ3v) is 5.10. The Morgan fingerprint density at radius 3 is 2.88 bits per heavy atom. The number of aromatic hydroxyl groups is 1. The van der Waals surface area contributed by atoms with Crippen molar-refractivity contribution < 1.29 is 9.52 Å². The van der Waals surface area contributed by atoms with Gasteiger partial charge in [0, 0.05) is 17.4 Å². The molecule has 25 heavy (non-hydrogen) atoms. The molecule has 1 unspecified atom stereocenters. The van der Waals surface area contributed by atoms with E-state index >= 15 is 0 Å². The van der Waals surface area contributed by atoms with Gasteiger partial charge in [-0.3, -0.25) is 4.99 Å². The van der Waals surface area contributed by atoms with Gasteiger partial charge in [0.1, 0.15) is 17.1 Å². The smallest absolute Gasteiger partial charge is 0.348 e. The van der Waals surface area contributed by atoms with Crippen LogP contribution in [0.4, 0.5) is 11.4 Å². The molecule has 0 fully saturated rings. The molecule has 1 aliphatic rings. The molecule has 6 heteroatoms. The van der Waals surface area contributed by atoms with Crippen molar-refractivity contribution in [3.8, 4) is 5.75 Å². The van der Waals surface area contributed by atoms with E-state index in [-0.39, 0.29) is 17.4 Å². The molecular weight excluding hydrogens is 336 g/mol. The van der Waals surface area contributed by atoms with Crippen LogP contribution in [0, 0.1) is 6.92 Å². The third kappa shape index (κ3) is 2.96. The molecule has 0 saturated heterocycles. The van der Waals surface area contributed by atoms with Crippen LogP contribution in [0.5, 0.6) is 5.75 Å². The zero-order chi connectivity index (χ0) is 17.4. The van der Waals surface area contributed by atoms with Crippen LogP contribution in [0.1, 0.15) is 28.7 Å². The van der Waals surface area contributed by atoms with Crippen LogP contribution >= 0.6 is 11.3 Å². The second-order valence-corrected chi connectivity index (χ2v) is 6.88. The lowest BCUT2D eigenvalue weighted by Gasteiger charge is -2.17. The highest BCUT2D eigenvalue weighted by molar-refractivity contribution is 7.10. The molecule has 0 saturated carbocycles. The van der Waals surface area contributed by atoms with E-state index in [4.69, 9.17) is 4.42 Å². The Labute approximate surface area is 148 Å². The predicted molar refractivity (Wildman–Crippen MR) is 99.3 cm³/mol. The number of aryl methyl sites for hydroxylation is 1. The van der Waals surface area contributed by atoms with Crippen molar-refractivity contribution in [2.45, 2.75) is 19.4 Å². The van der Waals surface area contributed by atoms with Crippen molar-refractivity contribution >= 4 is 28.4 Å². The van der Waals surface area contributed by atoms with Gasteiger partial charge in [0.15, 0.2) is 0 Å². The second kappa shape index (κ2) is 6.22. The van der Waals surface area contributed by atoms with Crippen LogP contribution < -0.4 is 10.9 Å². The summed E-state index contributed by atoms with van der Waals surface area (Å²) in [6.45, 7) is 1.63. The molecule has 5 nitrogen and oxygen atoms in total. The Kier molecular flexibility index (Phi) is 3.89. The summed E-state index contributed by atoms with van der Waals surface area (Å²) in [4.78, 5) is 18.2. The number of nitrogens with one attached hydrogen (secondary N) is 1. The summed E-state index contributed by atoms with van der Waals surface area (Å²) in [5.74, 6) is 0.269. The molecule has 1 aromatic carbocycles. The maximum Gasteiger partial charge on any atom is 0.348 e. The number of rotatable bonds is 2. The second-order valence-electron chi connectivity index (χ2n) is 5.90. The molecule has 0 amide bonds. The van der Waals surface area contributed by atoms with E-state index in [1.165, 1.54) is 6.07 Å². The molecular formula is C19H16N2O3S. The van der Waals surface area contributed by atoms with E-state index in [9.17, 15) is 9.90 Å². The fraction of sp³-hybridized carbons (Fsp3) is 0.158. The Balaban J connectivity index is 1.89. The summed E-state index contributed by atoms with van der Waals surface area (Å²) < 4.78 is 5.18. The summed E-state index contributed by atoms with van der Waals surface area (Å²) in [5.41, 5.74) is 1.70. The van der Waals surface area contributed by atoms with Crippen LogP contribution in [0.2, 0.25) is 0 Å². The first kappa shape index (κ1) is 15.7. The number of thiophene rings is 1. The van der Waals surface area contributed by atoms with Crippen LogP contribution in [-0.4, -0.2) is 10.8 Å². The maximum absolute atomic E-state index is 12.4. The monoisotopic (exact) mass is 352 g/mol. The van der Waals surface area contributed by atoms with Crippen molar-refractivity contribution in [1.82, 2.24) is 0 Å². The third-order valence-electron chi connectivity index (χ3n) is 4.12. The van der Waals surface area contributed by atoms with Gasteiger partial charge in [0.05, 0.1) is 23.1 Å². The topological polar surface area (TPSA) is 74.8 Å². The van der Waals surface area contributed by atoms with Gasteiger partial charge in [-0.1, -0.05) is 18.2 Å². The standard InChI is InChI=1S/C19H16N2O3S/c1-11-9-16(22)18(19(23)24-11)15-10-14(17-7-4-8-25-17)20-12-5-2-3-6-13(12)21-15/h2-9,14,20,22H,10H2,1H3. The van der Waals surface area contributed by atoms with Crippen molar-refractivity contribution in [2.24, 2.45) is 4.99 Å². The Bertz CT molecular complexity index is 1010. The maximum atomic E-state index is 12.4. The first-order valence-electron chi connectivity index (χ1n) is 7.92. The lowest BCUT2D eigenvalue weighted by molar-refractivity contribution is 0.432. The lowest BCUT2D eigenvalue weighted by atomic mass is 10.0. The molecule has 3 heterocycles. The van der Waals surface area contributed by atoms with Gasteiger partial charge in [-0.15, -0.1) is 11.3 Å². The molecule has 0 aliphatic carbocycles. The van der Waals surface area contributed by atoms with Crippen LogP contribution in [0.25, 0.3) is 0 Å². The Morgan fingerprint density at radius 1 is 1.28 bits per heavy atom. The van der Waals surface area contributed by atoms with Crippen LogP contribution in [0.15, 0.2) is 62.0 Å². The number of anilines is 1. The van der Waals surface area contributed by atoms with E-state index in [2.05, 4.69) is 10.3 Å². The molecule has 2 N–H and O–H groups in total. The molecule has 0 radical (unpaired) electrons. The molecule has 126 valence electrons. The van der Waals surface area contributed by atoms with Crippen molar-refractivity contribution in [3.05, 3.63) is 74.5 Å². The fourth-order valence-corrected chi connectivity index (χ4v) is 3.78. The molecule has 3 aromatic rings. The van der Waals surface area contributed by atoms with Gasteiger partial charge in [0.2, 0.25) is 0 Å². The summed E-state index contributed by atoms with van der Waals surface area (Å²) >= 11 is 1.64. The minimum Gasteiger partial charge on any atom is -0.507 e. The van der Waals surface area contributed by atoms with E-state index in [0.29, 0.717) is 17.9 Å². The minimum atomic E-state index is -0.569. The molecule has 4 rings (SSSR count). The Hall–Kier alpha value is -2.86. The summed E-state index contributed by atoms with van der Waals surface area (Å²) in [6, 6.07) is 13.1. The number of fused-ring (bicyclic) bond motifs is 1. The van der Waals surface area contributed by atoms with Gasteiger partial charge >= 0.3 is 5.63 Å². The molecule has 1 atom stereocenters. The number of para-hydroxylation sites is 2. The van der Waals surface area contributed by atoms with Gasteiger partial charge in [-0.2, -0.15) is 0 Å². The van der Waals surface area contributed by atoms with Crippen LogP contribution in [0.3, 0.4) is 0 Å². The number of hydrogen-bond acceptors (Lipinski definition) is 6. The molecule has 1 aliphatic heterocycles. The molecule has 2 aromatic heterocycles. The van der Waals surface area contributed by atoms with Crippen molar-refractivity contribution in [3.63, 3.8) is 0 Å². The average Bonchev–Trinajstić information content (AvgIpc) is 3.02. The molecule has 0 spiro atoms. The SMILES string of the molecule is Cc1cc(O)c(C2=Nc3ccccc3NC(c3cccs3)C2)c(=O)o1. The highest BCUT2D eigenvalue weighted by Crippen LogP contribution is 2.37. The largest absolute Gasteiger partial charge is 0.507 e. The summed E-state index contributed by atoms with van der Waals surface area (Å²) in [7, 11) is 0. The van der Waals surface area contributed by atoms with Crippen LogP contribution in [-0.2, 0) is 0 Å². The average molecular weight is 352 g/mol. The quantitative estimate of drug-likeness (QED) is 0.717. The highest BCUT2D eigenvalue weighted by atomic mass is 32.1. The number of benzene rings is 1. The predicted octanol–water partition coefficient (Wildman–Crippen LogP) is 4.39. The highest BCUT2D eigenvalue weighted by Gasteiger charge is 2.25. The number of nitrogens with zero attached hydrogens (tertiary/aromatic N) is 1. The first-order chi connectivity index (χ1) is 12.1. The Morgan fingerprint density at radius 2 is 2.12 bits per heavy atom. The number of hydrogen-bond donors (Lipinski definition) is 2.